The van der Waals surface area contributed by atoms with Gasteiger partial charge in [-0.05, 0) is 18.2 Å². The maximum absolute atomic E-state index is 11.7. The number of carbonyl (C=O) groups is 2. The number of rotatable bonds is 6. The summed E-state index contributed by atoms with van der Waals surface area (Å²) in [6.45, 7) is 0.0740. The third-order valence-electron chi connectivity index (χ3n) is 2.66. The highest BCUT2D eigenvalue weighted by molar-refractivity contribution is 5.91. The molecule has 108 valence electrons. The Morgan fingerprint density at radius 1 is 1.19 bits per heavy atom. The smallest absolute Gasteiger partial charge is 0.339 e. The summed E-state index contributed by atoms with van der Waals surface area (Å²) in [7, 11) is 0. The standard InChI is InChI=1S/C15H14N2O4/c18-14(17-11-4-2-1-3-5-11)7-9-21-13-10-16-8-6-12(13)15(19)20/h1-6,8,10H,7,9H2,(H,17,18)(H,19,20). The fraction of sp³-hybridized carbons (Fsp3) is 0.133. The molecule has 0 radical (unpaired) electrons. The Morgan fingerprint density at radius 3 is 2.67 bits per heavy atom. The van der Waals surface area contributed by atoms with Gasteiger partial charge in [-0.15, -0.1) is 0 Å². The average Bonchev–Trinajstić information content (AvgIpc) is 2.48. The Labute approximate surface area is 121 Å². The van der Waals surface area contributed by atoms with E-state index in [1.165, 1.54) is 18.5 Å². The first-order valence-electron chi connectivity index (χ1n) is 6.32. The second-order valence-electron chi connectivity index (χ2n) is 4.19. The molecule has 2 N–H and O–H groups in total. The highest BCUT2D eigenvalue weighted by Gasteiger charge is 2.11. The number of pyridine rings is 1. The van der Waals surface area contributed by atoms with Crippen molar-refractivity contribution in [3.05, 3.63) is 54.4 Å². The molecule has 2 aromatic rings. The van der Waals surface area contributed by atoms with Crippen molar-refractivity contribution in [3.8, 4) is 5.75 Å². The molecule has 6 heteroatoms. The molecule has 1 aromatic carbocycles. The minimum atomic E-state index is -1.10. The normalized spacial score (nSPS) is 9.90. The molecule has 0 saturated heterocycles. The molecule has 1 amide bonds. The summed E-state index contributed by atoms with van der Waals surface area (Å²) in [5, 5.41) is 11.7. The van der Waals surface area contributed by atoms with Gasteiger partial charge in [0.15, 0.2) is 5.75 Å². The molecule has 1 aromatic heterocycles. The van der Waals surface area contributed by atoms with Gasteiger partial charge in [0.25, 0.3) is 0 Å². The van der Waals surface area contributed by atoms with Gasteiger partial charge in [0.05, 0.1) is 19.2 Å². The molecule has 0 aliphatic rings. The number of carboxylic acids is 1. The van der Waals surface area contributed by atoms with Crippen LogP contribution in [0, 0.1) is 0 Å². The molecular formula is C15H14N2O4. The zero-order valence-electron chi connectivity index (χ0n) is 11.2. The average molecular weight is 286 g/mol. The van der Waals surface area contributed by atoms with E-state index in [2.05, 4.69) is 10.3 Å². The van der Waals surface area contributed by atoms with Crippen LogP contribution in [0.1, 0.15) is 16.8 Å². The maximum Gasteiger partial charge on any atom is 0.339 e. The summed E-state index contributed by atoms with van der Waals surface area (Å²) < 4.78 is 5.30. The number of amides is 1. The second kappa shape index (κ2) is 7.04. The number of para-hydroxylation sites is 1. The first-order valence-corrected chi connectivity index (χ1v) is 6.32. The van der Waals surface area contributed by atoms with Gasteiger partial charge in [-0.25, -0.2) is 4.79 Å². The molecule has 0 unspecified atom stereocenters. The zero-order chi connectivity index (χ0) is 15.1. The number of nitrogens with one attached hydrogen (secondary N) is 1. The predicted molar refractivity (Wildman–Crippen MR) is 76.4 cm³/mol. The van der Waals surface area contributed by atoms with Crippen LogP contribution in [0.5, 0.6) is 5.75 Å². The highest BCUT2D eigenvalue weighted by Crippen LogP contribution is 2.16. The van der Waals surface area contributed by atoms with Gasteiger partial charge in [-0.3, -0.25) is 9.78 Å². The van der Waals surface area contributed by atoms with Gasteiger partial charge in [0, 0.05) is 11.9 Å². The number of hydrogen-bond acceptors (Lipinski definition) is 4. The van der Waals surface area contributed by atoms with Gasteiger partial charge in [-0.1, -0.05) is 18.2 Å². The number of carbonyl (C=O) groups excluding carboxylic acids is 1. The summed E-state index contributed by atoms with van der Waals surface area (Å²) >= 11 is 0. The third kappa shape index (κ3) is 4.31. The van der Waals surface area contributed by atoms with Gasteiger partial charge < -0.3 is 15.2 Å². The van der Waals surface area contributed by atoms with E-state index in [-0.39, 0.29) is 30.2 Å². The van der Waals surface area contributed by atoms with E-state index >= 15 is 0 Å². The second-order valence-corrected chi connectivity index (χ2v) is 4.19. The highest BCUT2D eigenvalue weighted by atomic mass is 16.5. The Hall–Kier alpha value is -2.89. The zero-order valence-corrected chi connectivity index (χ0v) is 11.2. The van der Waals surface area contributed by atoms with Crippen molar-refractivity contribution in [2.45, 2.75) is 6.42 Å². The Bertz CT molecular complexity index is 629. The first-order chi connectivity index (χ1) is 10.2. The third-order valence-corrected chi connectivity index (χ3v) is 2.66. The molecule has 0 aliphatic carbocycles. The molecule has 2 rings (SSSR count). The van der Waals surface area contributed by atoms with Gasteiger partial charge in [-0.2, -0.15) is 0 Å². The topological polar surface area (TPSA) is 88.5 Å². The number of benzene rings is 1. The SMILES string of the molecule is O=C(CCOc1cnccc1C(=O)O)Nc1ccccc1. The lowest BCUT2D eigenvalue weighted by Crippen LogP contribution is -2.15. The van der Waals surface area contributed by atoms with Crippen LogP contribution in [0.3, 0.4) is 0 Å². The maximum atomic E-state index is 11.7. The molecule has 21 heavy (non-hydrogen) atoms. The fourth-order valence-corrected chi connectivity index (χ4v) is 1.67. The number of carboxylic acid groups (broad SMARTS) is 1. The summed E-state index contributed by atoms with van der Waals surface area (Å²) in [6, 6.07) is 10.4. The molecule has 1 heterocycles. The van der Waals surface area contributed by atoms with Crippen molar-refractivity contribution in [2.24, 2.45) is 0 Å². The number of aromatic carboxylic acids is 1. The Morgan fingerprint density at radius 2 is 1.95 bits per heavy atom. The van der Waals surface area contributed by atoms with Crippen LogP contribution in [0.15, 0.2) is 48.8 Å². The fourth-order valence-electron chi connectivity index (χ4n) is 1.67. The van der Waals surface area contributed by atoms with Crippen molar-refractivity contribution in [1.82, 2.24) is 4.98 Å². The number of ether oxygens (including phenoxy) is 1. The van der Waals surface area contributed by atoms with Crippen LogP contribution in [0.2, 0.25) is 0 Å². The predicted octanol–water partition coefficient (Wildman–Crippen LogP) is 2.19. The van der Waals surface area contributed by atoms with E-state index in [1.54, 1.807) is 12.1 Å². The molecule has 0 atom stereocenters. The van der Waals surface area contributed by atoms with Crippen molar-refractivity contribution in [2.75, 3.05) is 11.9 Å². The van der Waals surface area contributed by atoms with Crippen molar-refractivity contribution < 1.29 is 19.4 Å². The summed E-state index contributed by atoms with van der Waals surface area (Å²) in [5.74, 6) is -1.15. The van der Waals surface area contributed by atoms with Crippen molar-refractivity contribution in [3.63, 3.8) is 0 Å². The van der Waals surface area contributed by atoms with Crippen LogP contribution in [-0.4, -0.2) is 28.6 Å². The number of hydrogen-bond donors (Lipinski definition) is 2. The monoisotopic (exact) mass is 286 g/mol. The van der Waals surface area contributed by atoms with E-state index in [0.717, 1.165) is 0 Å². The Balaban J connectivity index is 1.84. The molecule has 0 bridgehead atoms. The summed E-state index contributed by atoms with van der Waals surface area (Å²) in [6.07, 6.45) is 2.81. The Kier molecular flexibility index (Phi) is 4.87. The number of nitrogens with zero attached hydrogens (tertiary/aromatic N) is 1. The molecule has 0 fully saturated rings. The molecular weight excluding hydrogens is 272 g/mol. The number of aromatic nitrogens is 1. The lowest BCUT2D eigenvalue weighted by molar-refractivity contribution is -0.116. The van der Waals surface area contributed by atoms with Gasteiger partial charge in [0.2, 0.25) is 5.91 Å². The van der Waals surface area contributed by atoms with E-state index in [9.17, 15) is 9.59 Å². The largest absolute Gasteiger partial charge is 0.491 e. The summed E-state index contributed by atoms with van der Waals surface area (Å²) in [4.78, 5) is 26.5. The lowest BCUT2D eigenvalue weighted by atomic mass is 10.2. The van der Waals surface area contributed by atoms with Crippen LogP contribution in [0.25, 0.3) is 0 Å². The van der Waals surface area contributed by atoms with Crippen molar-refractivity contribution in [1.29, 1.82) is 0 Å². The van der Waals surface area contributed by atoms with Crippen LogP contribution < -0.4 is 10.1 Å². The van der Waals surface area contributed by atoms with Crippen LogP contribution >= 0.6 is 0 Å². The van der Waals surface area contributed by atoms with Crippen LogP contribution in [0.4, 0.5) is 5.69 Å². The molecule has 0 saturated carbocycles. The van der Waals surface area contributed by atoms with E-state index in [4.69, 9.17) is 9.84 Å². The molecule has 0 aliphatic heterocycles. The van der Waals surface area contributed by atoms with E-state index in [0.29, 0.717) is 5.69 Å². The van der Waals surface area contributed by atoms with E-state index < -0.39 is 5.97 Å². The minimum absolute atomic E-state index is 0.0217. The quantitative estimate of drug-likeness (QED) is 0.849. The first kappa shape index (κ1) is 14.5. The summed E-state index contributed by atoms with van der Waals surface area (Å²) in [5.41, 5.74) is 0.726. The minimum Gasteiger partial charge on any atom is -0.491 e. The number of anilines is 1. The molecule has 6 nitrogen and oxygen atoms in total. The molecule has 0 spiro atoms. The van der Waals surface area contributed by atoms with Gasteiger partial charge >= 0.3 is 5.97 Å². The van der Waals surface area contributed by atoms with Crippen molar-refractivity contribution >= 4 is 17.6 Å². The van der Waals surface area contributed by atoms with Crippen LogP contribution in [-0.2, 0) is 4.79 Å². The van der Waals surface area contributed by atoms with E-state index in [1.807, 2.05) is 18.2 Å². The lowest BCUT2D eigenvalue weighted by Gasteiger charge is -2.08. The van der Waals surface area contributed by atoms with Gasteiger partial charge in [0.1, 0.15) is 5.56 Å².